The Hall–Kier alpha value is -2.41. The molecule has 0 aromatic heterocycles. The van der Waals surface area contributed by atoms with Crippen molar-refractivity contribution in [3.8, 4) is 5.75 Å². The molecule has 1 N–H and O–H groups in total. The van der Waals surface area contributed by atoms with Crippen molar-refractivity contribution < 1.29 is 18.7 Å². The second-order valence-corrected chi connectivity index (χ2v) is 8.52. The lowest BCUT2D eigenvalue weighted by molar-refractivity contribution is -0.142. The lowest BCUT2D eigenvalue weighted by atomic mass is 10.1. The summed E-state index contributed by atoms with van der Waals surface area (Å²) in [5, 5.41) is 2.86. The quantitative estimate of drug-likeness (QED) is 0.578. The SMILES string of the molecule is Cc1cc(OCC(=O)N(Cc2ccc(F)cc2)[C@H](C)C(=O)NCC(C)C)ccc1Br. The number of nitrogens with one attached hydrogen (secondary N) is 1. The van der Waals surface area contributed by atoms with Gasteiger partial charge in [-0.25, -0.2) is 4.39 Å². The van der Waals surface area contributed by atoms with Gasteiger partial charge in [0.2, 0.25) is 5.91 Å². The van der Waals surface area contributed by atoms with Crippen LogP contribution in [0.4, 0.5) is 4.39 Å². The summed E-state index contributed by atoms with van der Waals surface area (Å²) in [7, 11) is 0. The van der Waals surface area contributed by atoms with Gasteiger partial charge in [0.05, 0.1) is 0 Å². The van der Waals surface area contributed by atoms with Gasteiger partial charge in [-0.05, 0) is 61.2 Å². The third-order valence-corrected chi connectivity index (χ3v) is 5.50. The smallest absolute Gasteiger partial charge is 0.261 e. The predicted molar refractivity (Wildman–Crippen MR) is 119 cm³/mol. The number of carbonyl (C=O) groups is 2. The standard InChI is InChI=1S/C23H28BrFN2O3/c1-15(2)12-26-23(29)17(4)27(13-18-5-7-19(25)8-6-18)22(28)14-30-20-9-10-21(24)16(3)11-20/h5-11,15,17H,12-14H2,1-4H3,(H,26,29)/t17-/m1/s1. The molecule has 0 saturated heterocycles. The fourth-order valence-electron chi connectivity index (χ4n) is 2.76. The lowest BCUT2D eigenvalue weighted by Gasteiger charge is -2.29. The van der Waals surface area contributed by atoms with E-state index in [1.54, 1.807) is 25.1 Å². The molecule has 2 rings (SSSR count). The number of amides is 2. The average molecular weight is 479 g/mol. The van der Waals surface area contributed by atoms with Gasteiger partial charge in [-0.15, -0.1) is 0 Å². The molecule has 2 aromatic rings. The van der Waals surface area contributed by atoms with Crippen LogP contribution in [0, 0.1) is 18.7 Å². The summed E-state index contributed by atoms with van der Waals surface area (Å²) in [4.78, 5) is 27.0. The van der Waals surface area contributed by atoms with Crippen LogP contribution in [0.1, 0.15) is 31.9 Å². The molecule has 7 heteroatoms. The van der Waals surface area contributed by atoms with E-state index in [1.165, 1.54) is 17.0 Å². The zero-order valence-electron chi connectivity index (χ0n) is 17.7. The molecule has 0 saturated carbocycles. The summed E-state index contributed by atoms with van der Waals surface area (Å²) < 4.78 is 19.9. The largest absolute Gasteiger partial charge is 0.484 e. The summed E-state index contributed by atoms with van der Waals surface area (Å²) in [6, 6.07) is 10.6. The highest BCUT2D eigenvalue weighted by Gasteiger charge is 2.26. The first kappa shape index (κ1) is 23.9. The minimum atomic E-state index is -0.698. The van der Waals surface area contributed by atoms with Gasteiger partial charge >= 0.3 is 0 Å². The first-order valence-electron chi connectivity index (χ1n) is 9.88. The molecule has 0 bridgehead atoms. The van der Waals surface area contributed by atoms with Crippen molar-refractivity contribution in [1.29, 1.82) is 0 Å². The Morgan fingerprint density at radius 2 is 1.80 bits per heavy atom. The molecule has 0 aliphatic heterocycles. The van der Waals surface area contributed by atoms with Crippen LogP contribution in [0.25, 0.3) is 0 Å². The maximum Gasteiger partial charge on any atom is 0.261 e. The summed E-state index contributed by atoms with van der Waals surface area (Å²) in [6.45, 7) is 8.11. The average Bonchev–Trinajstić information content (AvgIpc) is 2.71. The molecule has 5 nitrogen and oxygen atoms in total. The normalized spacial score (nSPS) is 11.8. The van der Waals surface area contributed by atoms with Crippen molar-refractivity contribution in [3.63, 3.8) is 0 Å². The second-order valence-electron chi connectivity index (χ2n) is 7.66. The summed E-state index contributed by atoms with van der Waals surface area (Å²) in [6.07, 6.45) is 0. The second kappa shape index (κ2) is 11.1. The maximum absolute atomic E-state index is 13.2. The van der Waals surface area contributed by atoms with Crippen LogP contribution in [-0.4, -0.2) is 35.9 Å². The summed E-state index contributed by atoms with van der Waals surface area (Å²) in [5.74, 6) is -0.0480. The Bertz CT molecular complexity index is 871. The van der Waals surface area contributed by atoms with Gasteiger partial charge in [0.1, 0.15) is 17.6 Å². The van der Waals surface area contributed by atoms with E-state index >= 15 is 0 Å². The molecule has 0 aliphatic rings. The van der Waals surface area contributed by atoms with Crippen LogP contribution in [0.15, 0.2) is 46.9 Å². The first-order chi connectivity index (χ1) is 14.2. The Labute approximate surface area is 185 Å². The molecule has 2 amide bonds. The number of halogens is 2. The van der Waals surface area contributed by atoms with Crippen molar-refractivity contribution in [2.24, 2.45) is 5.92 Å². The van der Waals surface area contributed by atoms with Crippen molar-refractivity contribution in [2.75, 3.05) is 13.2 Å². The highest BCUT2D eigenvalue weighted by Crippen LogP contribution is 2.22. The van der Waals surface area contributed by atoms with Gasteiger partial charge in [-0.2, -0.15) is 0 Å². The van der Waals surface area contributed by atoms with Gasteiger partial charge in [0.15, 0.2) is 6.61 Å². The molecule has 1 atom stereocenters. The van der Waals surface area contributed by atoms with Crippen molar-refractivity contribution in [1.82, 2.24) is 10.2 Å². The topological polar surface area (TPSA) is 58.6 Å². The molecule has 0 radical (unpaired) electrons. The molecule has 0 unspecified atom stereocenters. The van der Waals surface area contributed by atoms with Gasteiger partial charge in [-0.3, -0.25) is 9.59 Å². The van der Waals surface area contributed by atoms with Crippen LogP contribution in [0.2, 0.25) is 0 Å². The number of benzene rings is 2. The van der Waals surface area contributed by atoms with Crippen molar-refractivity contribution in [2.45, 2.75) is 40.3 Å². The Morgan fingerprint density at radius 1 is 1.13 bits per heavy atom. The minimum absolute atomic E-state index is 0.179. The van der Waals surface area contributed by atoms with Gasteiger partial charge < -0.3 is 15.0 Å². The minimum Gasteiger partial charge on any atom is -0.484 e. The lowest BCUT2D eigenvalue weighted by Crippen LogP contribution is -2.49. The number of hydrogen-bond donors (Lipinski definition) is 1. The Kier molecular flexibility index (Phi) is 8.84. The molecular weight excluding hydrogens is 451 g/mol. The van der Waals surface area contributed by atoms with Gasteiger partial charge in [0.25, 0.3) is 5.91 Å². The Balaban J connectivity index is 2.13. The fourth-order valence-corrected chi connectivity index (χ4v) is 3.00. The predicted octanol–water partition coefficient (Wildman–Crippen LogP) is 4.46. The van der Waals surface area contributed by atoms with E-state index in [-0.39, 0.29) is 30.8 Å². The molecule has 2 aromatic carbocycles. The number of nitrogens with zero attached hydrogens (tertiary/aromatic N) is 1. The molecular formula is C23H28BrFN2O3. The van der Waals surface area contributed by atoms with E-state index in [4.69, 9.17) is 4.74 Å². The van der Waals surface area contributed by atoms with Crippen LogP contribution in [0.3, 0.4) is 0 Å². The number of carbonyl (C=O) groups excluding carboxylic acids is 2. The molecule has 0 spiro atoms. The summed E-state index contributed by atoms with van der Waals surface area (Å²) >= 11 is 3.43. The van der Waals surface area contributed by atoms with E-state index in [0.29, 0.717) is 18.2 Å². The Morgan fingerprint density at radius 3 is 2.40 bits per heavy atom. The number of aryl methyl sites for hydroxylation is 1. The summed E-state index contributed by atoms with van der Waals surface area (Å²) in [5.41, 5.74) is 1.72. The van der Waals surface area contributed by atoms with E-state index in [0.717, 1.165) is 15.6 Å². The van der Waals surface area contributed by atoms with Gasteiger partial charge in [-0.1, -0.05) is 41.9 Å². The van der Waals surface area contributed by atoms with Crippen LogP contribution >= 0.6 is 15.9 Å². The fraction of sp³-hybridized carbons (Fsp3) is 0.391. The highest BCUT2D eigenvalue weighted by molar-refractivity contribution is 9.10. The molecule has 30 heavy (non-hydrogen) atoms. The monoisotopic (exact) mass is 478 g/mol. The van der Waals surface area contributed by atoms with E-state index in [1.807, 2.05) is 32.9 Å². The number of ether oxygens (including phenoxy) is 1. The first-order valence-corrected chi connectivity index (χ1v) is 10.7. The van der Waals surface area contributed by atoms with E-state index in [9.17, 15) is 14.0 Å². The molecule has 0 heterocycles. The molecule has 162 valence electrons. The molecule has 0 fully saturated rings. The van der Waals surface area contributed by atoms with Gasteiger partial charge in [0, 0.05) is 17.6 Å². The van der Waals surface area contributed by atoms with E-state index in [2.05, 4.69) is 21.2 Å². The zero-order chi connectivity index (χ0) is 22.3. The third kappa shape index (κ3) is 7.13. The zero-order valence-corrected chi connectivity index (χ0v) is 19.3. The molecule has 0 aliphatic carbocycles. The number of rotatable bonds is 9. The third-order valence-electron chi connectivity index (χ3n) is 4.61. The highest BCUT2D eigenvalue weighted by atomic mass is 79.9. The van der Waals surface area contributed by atoms with Crippen LogP contribution in [0.5, 0.6) is 5.75 Å². The van der Waals surface area contributed by atoms with Crippen molar-refractivity contribution >= 4 is 27.7 Å². The van der Waals surface area contributed by atoms with Crippen LogP contribution in [-0.2, 0) is 16.1 Å². The maximum atomic E-state index is 13.2. The van der Waals surface area contributed by atoms with Crippen LogP contribution < -0.4 is 10.1 Å². The van der Waals surface area contributed by atoms with Crippen molar-refractivity contribution in [3.05, 3.63) is 63.9 Å². The van der Waals surface area contributed by atoms with E-state index < -0.39 is 6.04 Å². The number of hydrogen-bond acceptors (Lipinski definition) is 3.